The van der Waals surface area contributed by atoms with Gasteiger partial charge in [0.05, 0.1) is 6.04 Å². The lowest BCUT2D eigenvalue weighted by molar-refractivity contribution is 0.0930. The molecular weight excluding hydrogens is 318 g/mol. The Morgan fingerprint density at radius 3 is 2.68 bits per heavy atom. The SMILES string of the molecule is Cc1nc(-c2cccc(C(=O)NC(CCO)c3ccccc3)c2)no1. The van der Waals surface area contributed by atoms with Gasteiger partial charge < -0.3 is 14.9 Å². The number of nitrogens with zero attached hydrogens (tertiary/aromatic N) is 2. The number of rotatable bonds is 6. The Bertz CT molecular complexity index is 846. The molecule has 6 nitrogen and oxygen atoms in total. The quantitative estimate of drug-likeness (QED) is 0.722. The fourth-order valence-corrected chi connectivity index (χ4v) is 2.59. The van der Waals surface area contributed by atoms with E-state index < -0.39 is 0 Å². The third kappa shape index (κ3) is 4.10. The predicted molar refractivity (Wildman–Crippen MR) is 92.8 cm³/mol. The highest BCUT2D eigenvalue weighted by atomic mass is 16.5. The number of amides is 1. The molecule has 1 amide bonds. The molecule has 0 saturated heterocycles. The second kappa shape index (κ2) is 7.72. The largest absolute Gasteiger partial charge is 0.396 e. The highest BCUT2D eigenvalue weighted by Gasteiger charge is 2.16. The van der Waals surface area contributed by atoms with Gasteiger partial charge in [-0.25, -0.2) is 0 Å². The minimum atomic E-state index is -0.255. The van der Waals surface area contributed by atoms with Crippen LogP contribution in [-0.4, -0.2) is 27.8 Å². The summed E-state index contributed by atoms with van der Waals surface area (Å²) in [7, 11) is 0. The zero-order valence-electron chi connectivity index (χ0n) is 13.8. The van der Waals surface area contributed by atoms with Crippen molar-refractivity contribution in [1.82, 2.24) is 15.5 Å². The van der Waals surface area contributed by atoms with Crippen molar-refractivity contribution in [1.29, 1.82) is 0 Å². The summed E-state index contributed by atoms with van der Waals surface area (Å²) in [5.41, 5.74) is 2.16. The van der Waals surface area contributed by atoms with Gasteiger partial charge in [-0.1, -0.05) is 47.6 Å². The van der Waals surface area contributed by atoms with E-state index in [1.807, 2.05) is 36.4 Å². The van der Waals surface area contributed by atoms with Gasteiger partial charge in [0.15, 0.2) is 0 Å². The number of hydrogen-bond donors (Lipinski definition) is 2. The van der Waals surface area contributed by atoms with Crippen LogP contribution in [0.5, 0.6) is 0 Å². The Morgan fingerprint density at radius 1 is 1.20 bits per heavy atom. The summed E-state index contributed by atoms with van der Waals surface area (Å²) in [5, 5.41) is 16.1. The molecule has 0 bridgehead atoms. The topological polar surface area (TPSA) is 88.2 Å². The Morgan fingerprint density at radius 2 is 2.00 bits per heavy atom. The fraction of sp³-hybridized carbons (Fsp3) is 0.211. The molecule has 3 rings (SSSR count). The van der Waals surface area contributed by atoms with E-state index in [4.69, 9.17) is 4.52 Å². The number of nitrogens with one attached hydrogen (secondary N) is 1. The second-order valence-corrected chi connectivity index (χ2v) is 5.67. The molecule has 0 aliphatic carbocycles. The van der Waals surface area contributed by atoms with Crippen LogP contribution in [0.1, 0.15) is 34.3 Å². The number of hydrogen-bond acceptors (Lipinski definition) is 5. The molecule has 0 fully saturated rings. The first kappa shape index (κ1) is 16.9. The van der Waals surface area contributed by atoms with Crippen molar-refractivity contribution < 1.29 is 14.4 Å². The van der Waals surface area contributed by atoms with E-state index in [0.717, 1.165) is 5.56 Å². The van der Waals surface area contributed by atoms with Gasteiger partial charge in [0.2, 0.25) is 11.7 Å². The van der Waals surface area contributed by atoms with Crippen molar-refractivity contribution in [2.75, 3.05) is 6.61 Å². The zero-order chi connectivity index (χ0) is 17.6. The van der Waals surface area contributed by atoms with E-state index >= 15 is 0 Å². The van der Waals surface area contributed by atoms with Gasteiger partial charge in [-0.15, -0.1) is 0 Å². The molecule has 3 aromatic rings. The van der Waals surface area contributed by atoms with E-state index in [2.05, 4.69) is 15.5 Å². The van der Waals surface area contributed by atoms with E-state index in [9.17, 15) is 9.90 Å². The van der Waals surface area contributed by atoms with Gasteiger partial charge in [-0.05, 0) is 24.1 Å². The smallest absolute Gasteiger partial charge is 0.251 e. The van der Waals surface area contributed by atoms with Crippen LogP contribution in [0.3, 0.4) is 0 Å². The molecule has 0 spiro atoms. The van der Waals surface area contributed by atoms with Crippen LogP contribution in [0.25, 0.3) is 11.4 Å². The third-order valence-corrected chi connectivity index (χ3v) is 3.84. The summed E-state index contributed by atoms with van der Waals surface area (Å²) in [6, 6.07) is 16.4. The van der Waals surface area contributed by atoms with Crippen molar-refractivity contribution in [2.24, 2.45) is 0 Å². The first-order chi connectivity index (χ1) is 12.2. The molecule has 0 aliphatic rings. The van der Waals surface area contributed by atoms with Crippen LogP contribution in [0.4, 0.5) is 0 Å². The number of benzene rings is 2. The molecule has 1 unspecified atom stereocenters. The van der Waals surface area contributed by atoms with Crippen LogP contribution in [0.15, 0.2) is 59.1 Å². The summed E-state index contributed by atoms with van der Waals surface area (Å²) in [6.45, 7) is 1.70. The van der Waals surface area contributed by atoms with E-state index in [1.54, 1.807) is 25.1 Å². The van der Waals surface area contributed by atoms with Gasteiger partial charge in [0.25, 0.3) is 5.91 Å². The molecule has 0 aliphatic heterocycles. The van der Waals surface area contributed by atoms with Crippen molar-refractivity contribution in [3.8, 4) is 11.4 Å². The monoisotopic (exact) mass is 337 g/mol. The third-order valence-electron chi connectivity index (χ3n) is 3.84. The first-order valence-corrected chi connectivity index (χ1v) is 8.05. The highest BCUT2D eigenvalue weighted by Crippen LogP contribution is 2.20. The summed E-state index contributed by atoms with van der Waals surface area (Å²) < 4.78 is 4.98. The molecule has 1 aromatic heterocycles. The Labute approximate surface area is 145 Å². The summed E-state index contributed by atoms with van der Waals surface area (Å²) >= 11 is 0. The normalized spacial score (nSPS) is 11.9. The molecule has 25 heavy (non-hydrogen) atoms. The van der Waals surface area contributed by atoms with Crippen LogP contribution in [-0.2, 0) is 0 Å². The summed E-state index contributed by atoms with van der Waals surface area (Å²) in [4.78, 5) is 16.8. The number of carbonyl (C=O) groups is 1. The molecule has 0 radical (unpaired) electrons. The molecular formula is C19H19N3O3. The number of aromatic nitrogens is 2. The van der Waals surface area contributed by atoms with Crippen molar-refractivity contribution in [2.45, 2.75) is 19.4 Å². The van der Waals surface area contributed by atoms with Crippen LogP contribution >= 0.6 is 0 Å². The summed E-state index contributed by atoms with van der Waals surface area (Å²) in [5.74, 6) is 0.698. The average Bonchev–Trinajstić information content (AvgIpc) is 3.08. The predicted octanol–water partition coefficient (Wildman–Crippen LogP) is 2.90. The van der Waals surface area contributed by atoms with E-state index in [0.29, 0.717) is 29.3 Å². The minimum Gasteiger partial charge on any atom is -0.396 e. The molecule has 1 atom stereocenters. The van der Waals surface area contributed by atoms with E-state index in [-0.39, 0.29) is 18.6 Å². The molecule has 128 valence electrons. The maximum atomic E-state index is 12.6. The summed E-state index contributed by atoms with van der Waals surface area (Å²) in [6.07, 6.45) is 0.444. The zero-order valence-corrected chi connectivity index (χ0v) is 13.8. The lowest BCUT2D eigenvalue weighted by Gasteiger charge is -2.18. The fourth-order valence-electron chi connectivity index (χ4n) is 2.59. The average molecular weight is 337 g/mol. The van der Waals surface area contributed by atoms with Gasteiger partial charge in [-0.2, -0.15) is 4.98 Å². The maximum absolute atomic E-state index is 12.6. The van der Waals surface area contributed by atoms with Crippen LogP contribution in [0.2, 0.25) is 0 Å². The maximum Gasteiger partial charge on any atom is 0.251 e. The van der Waals surface area contributed by atoms with Crippen molar-refractivity contribution in [3.05, 3.63) is 71.6 Å². The van der Waals surface area contributed by atoms with E-state index in [1.165, 1.54) is 0 Å². The van der Waals surface area contributed by atoms with Crippen LogP contribution in [0, 0.1) is 6.92 Å². The Kier molecular flexibility index (Phi) is 5.20. The number of carbonyl (C=O) groups excluding carboxylic acids is 1. The highest BCUT2D eigenvalue weighted by molar-refractivity contribution is 5.95. The number of aliphatic hydroxyl groups excluding tert-OH is 1. The molecule has 1 heterocycles. The second-order valence-electron chi connectivity index (χ2n) is 5.67. The molecule has 6 heteroatoms. The van der Waals surface area contributed by atoms with Gasteiger partial charge in [0, 0.05) is 24.7 Å². The Hall–Kier alpha value is -2.99. The van der Waals surface area contributed by atoms with Crippen LogP contribution < -0.4 is 5.32 Å². The lowest BCUT2D eigenvalue weighted by atomic mass is 10.0. The molecule has 0 saturated carbocycles. The number of aryl methyl sites for hydroxylation is 1. The lowest BCUT2D eigenvalue weighted by Crippen LogP contribution is -2.29. The Balaban J connectivity index is 1.80. The molecule has 2 N–H and O–H groups in total. The van der Waals surface area contributed by atoms with Crippen molar-refractivity contribution in [3.63, 3.8) is 0 Å². The molecule has 2 aromatic carbocycles. The van der Waals surface area contributed by atoms with Crippen molar-refractivity contribution >= 4 is 5.91 Å². The standard InChI is InChI=1S/C19H19N3O3/c1-13-20-18(22-25-13)15-8-5-9-16(12-15)19(24)21-17(10-11-23)14-6-3-2-4-7-14/h2-9,12,17,23H,10-11H2,1H3,(H,21,24). The van der Waals surface area contributed by atoms with Gasteiger partial charge >= 0.3 is 0 Å². The van der Waals surface area contributed by atoms with Gasteiger partial charge in [0.1, 0.15) is 0 Å². The minimum absolute atomic E-state index is 0.0119. The first-order valence-electron chi connectivity index (χ1n) is 8.05. The number of aliphatic hydroxyl groups is 1. The van der Waals surface area contributed by atoms with Gasteiger partial charge in [-0.3, -0.25) is 4.79 Å².